The van der Waals surface area contributed by atoms with Gasteiger partial charge in [-0.3, -0.25) is 4.79 Å². The summed E-state index contributed by atoms with van der Waals surface area (Å²) in [7, 11) is 0. The average molecular weight is 299 g/mol. The molecule has 0 atom stereocenters. The SMILES string of the molecule is Cc1ccccc1C(=O)Nc1ccc(NC(C)(C)CO)nc1. The standard InChI is InChI=1S/C17H21N3O2/c1-12-6-4-5-7-14(12)16(22)19-13-8-9-15(18-10-13)20-17(2,3)11-21/h4-10,21H,11H2,1-3H3,(H,18,20)(H,19,22). The molecular formula is C17H21N3O2. The smallest absolute Gasteiger partial charge is 0.255 e. The first-order valence-corrected chi connectivity index (χ1v) is 7.13. The highest BCUT2D eigenvalue weighted by Crippen LogP contribution is 2.16. The average Bonchev–Trinajstić information content (AvgIpc) is 2.49. The largest absolute Gasteiger partial charge is 0.394 e. The number of amides is 1. The summed E-state index contributed by atoms with van der Waals surface area (Å²) in [6, 6.07) is 11.0. The van der Waals surface area contributed by atoms with Gasteiger partial charge in [-0.15, -0.1) is 0 Å². The number of aryl methyl sites for hydroxylation is 1. The molecule has 0 spiro atoms. The van der Waals surface area contributed by atoms with Crippen LogP contribution in [-0.2, 0) is 0 Å². The van der Waals surface area contributed by atoms with Crippen LogP contribution < -0.4 is 10.6 Å². The summed E-state index contributed by atoms with van der Waals surface area (Å²) in [5.74, 6) is 0.490. The number of anilines is 2. The highest BCUT2D eigenvalue weighted by molar-refractivity contribution is 6.05. The minimum Gasteiger partial charge on any atom is -0.394 e. The lowest BCUT2D eigenvalue weighted by molar-refractivity contribution is 0.102. The van der Waals surface area contributed by atoms with Gasteiger partial charge in [0.2, 0.25) is 0 Å². The number of hydrogen-bond acceptors (Lipinski definition) is 4. The van der Waals surface area contributed by atoms with Crippen molar-refractivity contribution >= 4 is 17.4 Å². The summed E-state index contributed by atoms with van der Waals surface area (Å²) in [6.45, 7) is 5.66. The molecule has 0 unspecified atom stereocenters. The number of nitrogens with one attached hydrogen (secondary N) is 2. The molecule has 1 aromatic heterocycles. The molecule has 1 amide bonds. The number of carbonyl (C=O) groups excluding carboxylic acids is 1. The second-order valence-corrected chi connectivity index (χ2v) is 5.87. The quantitative estimate of drug-likeness (QED) is 0.793. The van der Waals surface area contributed by atoms with Crippen LogP contribution in [-0.4, -0.2) is 28.1 Å². The van der Waals surface area contributed by atoms with Crippen LogP contribution in [0.1, 0.15) is 29.8 Å². The van der Waals surface area contributed by atoms with Crippen LogP contribution in [0.2, 0.25) is 0 Å². The molecule has 0 saturated carbocycles. The minimum atomic E-state index is -0.446. The van der Waals surface area contributed by atoms with Crippen molar-refractivity contribution in [2.75, 3.05) is 17.2 Å². The van der Waals surface area contributed by atoms with Gasteiger partial charge in [0.25, 0.3) is 5.91 Å². The molecule has 5 nitrogen and oxygen atoms in total. The third-order valence-electron chi connectivity index (χ3n) is 3.27. The number of pyridine rings is 1. The Hall–Kier alpha value is -2.40. The second-order valence-electron chi connectivity index (χ2n) is 5.87. The fraction of sp³-hybridized carbons (Fsp3) is 0.294. The maximum atomic E-state index is 12.2. The van der Waals surface area contributed by atoms with Gasteiger partial charge in [-0.25, -0.2) is 4.98 Å². The van der Waals surface area contributed by atoms with Crippen molar-refractivity contribution in [2.45, 2.75) is 26.3 Å². The van der Waals surface area contributed by atoms with E-state index in [0.717, 1.165) is 5.56 Å². The van der Waals surface area contributed by atoms with Gasteiger partial charge in [-0.05, 0) is 44.5 Å². The van der Waals surface area contributed by atoms with Gasteiger partial charge in [0.05, 0.1) is 24.0 Å². The topological polar surface area (TPSA) is 74.2 Å². The molecule has 2 aromatic rings. The van der Waals surface area contributed by atoms with Crippen molar-refractivity contribution in [2.24, 2.45) is 0 Å². The van der Waals surface area contributed by atoms with Crippen molar-refractivity contribution in [3.8, 4) is 0 Å². The van der Waals surface area contributed by atoms with E-state index in [9.17, 15) is 9.90 Å². The van der Waals surface area contributed by atoms with Crippen molar-refractivity contribution in [1.29, 1.82) is 0 Å². The molecule has 0 aliphatic heterocycles. The van der Waals surface area contributed by atoms with Gasteiger partial charge in [0.1, 0.15) is 5.82 Å². The van der Waals surface area contributed by atoms with Crippen LogP contribution in [0.25, 0.3) is 0 Å². The molecule has 1 aromatic carbocycles. The highest BCUT2D eigenvalue weighted by Gasteiger charge is 2.16. The Bertz CT molecular complexity index is 651. The van der Waals surface area contributed by atoms with Gasteiger partial charge in [0.15, 0.2) is 0 Å². The summed E-state index contributed by atoms with van der Waals surface area (Å²) in [5.41, 5.74) is 1.75. The molecule has 0 aliphatic carbocycles. The minimum absolute atomic E-state index is 0.000448. The zero-order valence-electron chi connectivity index (χ0n) is 13.1. The van der Waals surface area contributed by atoms with E-state index in [-0.39, 0.29) is 12.5 Å². The van der Waals surface area contributed by atoms with E-state index >= 15 is 0 Å². The number of aliphatic hydroxyl groups is 1. The van der Waals surface area contributed by atoms with E-state index in [2.05, 4.69) is 15.6 Å². The fourth-order valence-electron chi connectivity index (χ4n) is 1.95. The van der Waals surface area contributed by atoms with Crippen LogP contribution in [0.4, 0.5) is 11.5 Å². The Morgan fingerprint density at radius 2 is 1.95 bits per heavy atom. The normalized spacial score (nSPS) is 11.1. The Morgan fingerprint density at radius 1 is 1.23 bits per heavy atom. The van der Waals surface area contributed by atoms with E-state index in [4.69, 9.17) is 0 Å². The van der Waals surface area contributed by atoms with Gasteiger partial charge in [-0.1, -0.05) is 18.2 Å². The van der Waals surface area contributed by atoms with Crippen molar-refractivity contribution in [3.63, 3.8) is 0 Å². The molecule has 5 heteroatoms. The van der Waals surface area contributed by atoms with E-state index in [1.54, 1.807) is 24.4 Å². The Balaban J connectivity index is 2.06. The number of hydrogen-bond donors (Lipinski definition) is 3. The van der Waals surface area contributed by atoms with E-state index < -0.39 is 5.54 Å². The molecule has 116 valence electrons. The molecule has 3 N–H and O–H groups in total. The third-order valence-corrected chi connectivity index (χ3v) is 3.27. The lowest BCUT2D eigenvalue weighted by Gasteiger charge is -2.24. The third kappa shape index (κ3) is 4.05. The van der Waals surface area contributed by atoms with Crippen LogP contribution in [0, 0.1) is 6.92 Å². The summed E-state index contributed by atoms with van der Waals surface area (Å²) < 4.78 is 0. The number of rotatable bonds is 5. The lowest BCUT2D eigenvalue weighted by atomic mass is 10.1. The van der Waals surface area contributed by atoms with Crippen LogP contribution in [0.5, 0.6) is 0 Å². The zero-order chi connectivity index (χ0) is 16.2. The van der Waals surface area contributed by atoms with Crippen molar-refractivity contribution in [1.82, 2.24) is 4.98 Å². The molecule has 0 fully saturated rings. The molecule has 0 saturated heterocycles. The fourth-order valence-corrected chi connectivity index (χ4v) is 1.95. The molecular weight excluding hydrogens is 278 g/mol. The Kier molecular flexibility index (Phi) is 4.78. The van der Waals surface area contributed by atoms with Gasteiger partial charge >= 0.3 is 0 Å². The summed E-state index contributed by atoms with van der Waals surface area (Å²) in [4.78, 5) is 16.5. The summed E-state index contributed by atoms with van der Waals surface area (Å²) in [6.07, 6.45) is 1.59. The molecule has 0 bridgehead atoms. The Labute approximate surface area is 130 Å². The van der Waals surface area contributed by atoms with Crippen molar-refractivity contribution in [3.05, 3.63) is 53.7 Å². The second kappa shape index (κ2) is 6.58. The lowest BCUT2D eigenvalue weighted by Crippen LogP contribution is -2.35. The number of aromatic nitrogens is 1. The number of benzene rings is 1. The van der Waals surface area contributed by atoms with Gasteiger partial charge < -0.3 is 15.7 Å². The number of aliphatic hydroxyl groups excluding tert-OH is 1. The maximum absolute atomic E-state index is 12.2. The van der Waals surface area contributed by atoms with Crippen LogP contribution >= 0.6 is 0 Å². The molecule has 0 radical (unpaired) electrons. The predicted octanol–water partition coefficient (Wildman–Crippen LogP) is 2.83. The Morgan fingerprint density at radius 3 is 2.55 bits per heavy atom. The first-order valence-electron chi connectivity index (χ1n) is 7.13. The highest BCUT2D eigenvalue weighted by atomic mass is 16.3. The number of nitrogens with zero attached hydrogens (tertiary/aromatic N) is 1. The molecule has 1 heterocycles. The van der Waals surface area contributed by atoms with Crippen molar-refractivity contribution < 1.29 is 9.90 Å². The van der Waals surface area contributed by atoms with E-state index in [1.807, 2.05) is 39.0 Å². The van der Waals surface area contributed by atoms with Gasteiger partial charge in [0, 0.05) is 5.56 Å². The molecule has 22 heavy (non-hydrogen) atoms. The zero-order valence-corrected chi connectivity index (χ0v) is 13.1. The van der Waals surface area contributed by atoms with Crippen LogP contribution in [0.3, 0.4) is 0 Å². The first kappa shape index (κ1) is 16.0. The predicted molar refractivity (Wildman–Crippen MR) is 88.2 cm³/mol. The number of carbonyl (C=O) groups is 1. The maximum Gasteiger partial charge on any atom is 0.255 e. The van der Waals surface area contributed by atoms with E-state index in [1.165, 1.54) is 0 Å². The summed E-state index contributed by atoms with van der Waals surface area (Å²) >= 11 is 0. The van der Waals surface area contributed by atoms with Gasteiger partial charge in [-0.2, -0.15) is 0 Å². The molecule has 2 rings (SSSR count). The molecule has 0 aliphatic rings. The van der Waals surface area contributed by atoms with E-state index in [0.29, 0.717) is 17.1 Å². The monoisotopic (exact) mass is 299 g/mol. The first-order chi connectivity index (χ1) is 10.4. The summed E-state index contributed by atoms with van der Waals surface area (Å²) in [5, 5.41) is 15.2. The van der Waals surface area contributed by atoms with Crippen LogP contribution in [0.15, 0.2) is 42.6 Å².